The van der Waals surface area contributed by atoms with E-state index in [4.69, 9.17) is 0 Å². The summed E-state index contributed by atoms with van der Waals surface area (Å²) in [5, 5.41) is 3.09. The number of benzene rings is 2. The molecule has 28 heavy (non-hydrogen) atoms. The third-order valence-corrected chi connectivity index (χ3v) is 5.56. The highest BCUT2D eigenvalue weighted by Gasteiger charge is 2.43. The lowest BCUT2D eigenvalue weighted by molar-refractivity contribution is -0.112. The number of fused-ring (bicyclic) bond motifs is 2. The summed E-state index contributed by atoms with van der Waals surface area (Å²) >= 11 is 0. The van der Waals surface area contributed by atoms with Crippen LogP contribution in [0.3, 0.4) is 0 Å². The molecule has 140 valence electrons. The van der Waals surface area contributed by atoms with Crippen molar-refractivity contribution in [2.24, 2.45) is 0 Å². The van der Waals surface area contributed by atoms with Crippen LogP contribution < -0.4 is 10.2 Å². The van der Waals surface area contributed by atoms with Gasteiger partial charge in [0.1, 0.15) is 5.70 Å². The van der Waals surface area contributed by atoms with Crippen molar-refractivity contribution in [1.29, 1.82) is 0 Å². The van der Waals surface area contributed by atoms with E-state index in [2.05, 4.69) is 5.32 Å². The first-order valence-electron chi connectivity index (χ1n) is 9.54. The van der Waals surface area contributed by atoms with Crippen LogP contribution in [0.1, 0.15) is 35.2 Å². The number of para-hydroxylation sites is 2. The second kappa shape index (κ2) is 6.34. The van der Waals surface area contributed by atoms with E-state index in [9.17, 15) is 14.4 Å². The molecule has 3 amide bonds. The Kier molecular flexibility index (Phi) is 3.79. The summed E-state index contributed by atoms with van der Waals surface area (Å²) in [6.07, 6.45) is 2.98. The molecule has 3 heterocycles. The summed E-state index contributed by atoms with van der Waals surface area (Å²) in [5.74, 6) is -0.665. The summed E-state index contributed by atoms with van der Waals surface area (Å²) in [4.78, 5) is 42.4. The van der Waals surface area contributed by atoms with Crippen LogP contribution in [0.25, 0.3) is 5.57 Å². The van der Waals surface area contributed by atoms with E-state index >= 15 is 0 Å². The van der Waals surface area contributed by atoms with Crippen LogP contribution in [0.4, 0.5) is 16.2 Å². The number of anilines is 2. The minimum atomic E-state index is -0.444. The second-order valence-corrected chi connectivity index (χ2v) is 7.24. The fraction of sp³-hybridized carbons (Fsp3) is 0.227. The maximum Gasteiger partial charge on any atom is 0.331 e. The average molecular weight is 373 g/mol. The second-order valence-electron chi connectivity index (χ2n) is 7.24. The number of allylic oxidation sites excluding steroid dienone is 1. The van der Waals surface area contributed by atoms with Gasteiger partial charge in [0.25, 0.3) is 5.91 Å². The first kappa shape index (κ1) is 16.7. The molecule has 0 bridgehead atoms. The van der Waals surface area contributed by atoms with Crippen molar-refractivity contribution < 1.29 is 14.4 Å². The lowest BCUT2D eigenvalue weighted by Crippen LogP contribution is -2.47. The van der Waals surface area contributed by atoms with Gasteiger partial charge in [-0.3, -0.25) is 9.59 Å². The Morgan fingerprint density at radius 3 is 2.29 bits per heavy atom. The monoisotopic (exact) mass is 373 g/mol. The summed E-state index contributed by atoms with van der Waals surface area (Å²) < 4.78 is 0. The highest BCUT2D eigenvalue weighted by molar-refractivity contribution is 6.44. The van der Waals surface area contributed by atoms with Crippen LogP contribution in [0.15, 0.2) is 54.2 Å². The van der Waals surface area contributed by atoms with Crippen molar-refractivity contribution in [3.8, 4) is 0 Å². The quantitative estimate of drug-likeness (QED) is 0.716. The number of rotatable bonds is 0. The first-order valence-corrected chi connectivity index (χ1v) is 9.54. The zero-order chi connectivity index (χ0) is 19.3. The molecule has 6 heteroatoms. The zero-order valence-corrected chi connectivity index (χ0v) is 15.3. The van der Waals surface area contributed by atoms with E-state index in [-0.39, 0.29) is 23.1 Å². The minimum absolute atomic E-state index is 0.221. The van der Waals surface area contributed by atoms with E-state index in [1.54, 1.807) is 35.2 Å². The Labute approximate surface area is 162 Å². The van der Waals surface area contributed by atoms with Gasteiger partial charge in [-0.2, -0.15) is 0 Å². The fourth-order valence-electron chi connectivity index (χ4n) is 4.17. The smallest absolute Gasteiger partial charge is 0.331 e. The van der Waals surface area contributed by atoms with E-state index in [1.165, 1.54) is 4.90 Å². The third kappa shape index (κ3) is 2.37. The third-order valence-electron chi connectivity index (χ3n) is 5.56. The molecular formula is C22H19N3O3. The molecule has 5 rings (SSSR count). The van der Waals surface area contributed by atoms with Crippen LogP contribution >= 0.6 is 0 Å². The molecule has 6 nitrogen and oxygen atoms in total. The first-order chi connectivity index (χ1) is 13.7. The highest BCUT2D eigenvalue weighted by atomic mass is 16.2. The predicted molar refractivity (Wildman–Crippen MR) is 106 cm³/mol. The number of likely N-dealkylation sites (tertiary alicyclic amines) is 1. The predicted octanol–water partition coefficient (Wildman–Crippen LogP) is 3.66. The Morgan fingerprint density at radius 1 is 0.857 bits per heavy atom. The number of nitrogens with zero attached hydrogens (tertiary/aromatic N) is 2. The SMILES string of the molecule is O=C1/C(=C2/C(=O)N(C(=O)N3CCCCC3)c3ccccc32)Nc2ccccc21. The molecule has 3 aliphatic heterocycles. The highest BCUT2D eigenvalue weighted by Crippen LogP contribution is 2.42. The van der Waals surface area contributed by atoms with E-state index in [1.807, 2.05) is 18.2 Å². The summed E-state index contributed by atoms with van der Waals surface area (Å²) in [7, 11) is 0. The minimum Gasteiger partial charge on any atom is -0.351 e. The van der Waals surface area contributed by atoms with Gasteiger partial charge < -0.3 is 10.2 Å². The molecule has 0 unspecified atom stereocenters. The number of Topliss-reactive ketones (excluding diaryl/α,β-unsaturated/α-hetero) is 1. The number of carbonyl (C=O) groups is 3. The Balaban J connectivity index is 1.61. The largest absolute Gasteiger partial charge is 0.351 e. The lowest BCUT2D eigenvalue weighted by Gasteiger charge is -2.30. The maximum atomic E-state index is 13.4. The number of ketones is 1. The summed E-state index contributed by atoms with van der Waals surface area (Å²) in [5.41, 5.74) is 2.88. The van der Waals surface area contributed by atoms with Crippen molar-refractivity contribution in [2.45, 2.75) is 19.3 Å². The Hall–Kier alpha value is -3.41. The molecule has 0 aliphatic carbocycles. The van der Waals surface area contributed by atoms with Gasteiger partial charge in [-0.05, 0) is 37.5 Å². The number of nitrogens with one attached hydrogen (secondary N) is 1. The Morgan fingerprint density at radius 2 is 1.54 bits per heavy atom. The molecule has 1 fully saturated rings. The van der Waals surface area contributed by atoms with Gasteiger partial charge in [-0.15, -0.1) is 0 Å². The molecule has 0 aromatic heterocycles. The van der Waals surface area contributed by atoms with Gasteiger partial charge in [0, 0.05) is 29.9 Å². The van der Waals surface area contributed by atoms with E-state index in [0.29, 0.717) is 35.6 Å². The molecule has 1 saturated heterocycles. The van der Waals surface area contributed by atoms with Crippen molar-refractivity contribution in [3.05, 3.63) is 65.4 Å². The van der Waals surface area contributed by atoms with Gasteiger partial charge in [0.2, 0.25) is 5.78 Å². The molecule has 2 aromatic carbocycles. The van der Waals surface area contributed by atoms with E-state index < -0.39 is 5.91 Å². The molecule has 0 atom stereocenters. The number of piperidine rings is 1. The number of amides is 3. The molecular weight excluding hydrogens is 354 g/mol. The van der Waals surface area contributed by atoms with Crippen molar-refractivity contribution in [3.63, 3.8) is 0 Å². The van der Waals surface area contributed by atoms with Crippen LogP contribution in [-0.2, 0) is 4.79 Å². The lowest BCUT2D eigenvalue weighted by atomic mass is 10.0. The van der Waals surface area contributed by atoms with Crippen LogP contribution in [-0.4, -0.2) is 35.7 Å². The number of hydrogen-bond acceptors (Lipinski definition) is 4. The van der Waals surface area contributed by atoms with Crippen molar-refractivity contribution in [1.82, 2.24) is 4.90 Å². The average Bonchev–Trinajstić information content (AvgIpc) is 3.22. The van der Waals surface area contributed by atoms with Gasteiger partial charge in [-0.1, -0.05) is 30.3 Å². The summed E-state index contributed by atoms with van der Waals surface area (Å²) in [6.45, 7) is 1.30. The van der Waals surface area contributed by atoms with Crippen molar-refractivity contribution >= 4 is 34.7 Å². The van der Waals surface area contributed by atoms with Crippen molar-refractivity contribution in [2.75, 3.05) is 23.3 Å². The van der Waals surface area contributed by atoms with Crippen LogP contribution in [0.5, 0.6) is 0 Å². The summed E-state index contributed by atoms with van der Waals surface area (Å²) in [6, 6.07) is 14.0. The van der Waals surface area contributed by atoms with E-state index in [0.717, 1.165) is 19.3 Å². The number of hydrogen-bond donors (Lipinski definition) is 1. The van der Waals surface area contributed by atoms with Crippen LogP contribution in [0, 0.1) is 0 Å². The molecule has 0 saturated carbocycles. The number of imide groups is 1. The van der Waals surface area contributed by atoms with Gasteiger partial charge in [0.15, 0.2) is 0 Å². The molecule has 1 N–H and O–H groups in total. The van der Waals surface area contributed by atoms with Gasteiger partial charge >= 0.3 is 6.03 Å². The molecule has 0 spiro atoms. The molecule has 2 aromatic rings. The number of urea groups is 1. The van der Waals surface area contributed by atoms with Gasteiger partial charge in [-0.25, -0.2) is 9.69 Å². The maximum absolute atomic E-state index is 13.4. The van der Waals surface area contributed by atoms with Crippen LogP contribution in [0.2, 0.25) is 0 Å². The number of carbonyl (C=O) groups excluding carboxylic acids is 3. The standard InChI is InChI=1S/C22H19N3O3/c26-20-14-8-2-4-10-16(14)23-19(20)18-15-9-3-5-11-17(15)25(21(18)27)22(28)24-12-6-1-7-13-24/h2-5,8-11,23H,1,6-7,12-13H2/b19-18-. The molecule has 3 aliphatic rings. The van der Waals surface area contributed by atoms with Gasteiger partial charge in [0.05, 0.1) is 11.3 Å². The molecule has 0 radical (unpaired) electrons. The Bertz CT molecular complexity index is 1050. The topological polar surface area (TPSA) is 69.7 Å². The zero-order valence-electron chi connectivity index (χ0n) is 15.3. The normalized spacial score (nSPS) is 20.9. The fourth-order valence-corrected chi connectivity index (χ4v) is 4.17.